The topological polar surface area (TPSA) is 84.2 Å². The minimum Gasteiger partial charge on any atom is -0.348 e. The van der Waals surface area contributed by atoms with E-state index in [2.05, 4.69) is 10.6 Å². The van der Waals surface area contributed by atoms with Crippen molar-refractivity contribution >= 4 is 29.9 Å². The summed E-state index contributed by atoms with van der Waals surface area (Å²) in [5.41, 5.74) is 6.67. The average Bonchev–Trinajstić information content (AvgIpc) is 2.39. The highest BCUT2D eigenvalue weighted by Gasteiger charge is 2.10. The molecule has 2 amide bonds. The van der Waals surface area contributed by atoms with Crippen molar-refractivity contribution in [3.05, 3.63) is 29.8 Å². The molecule has 0 aliphatic rings. The van der Waals surface area contributed by atoms with Crippen LogP contribution >= 0.6 is 12.4 Å². The van der Waals surface area contributed by atoms with Gasteiger partial charge in [-0.15, -0.1) is 12.4 Å². The molecule has 0 aromatic heterocycles. The summed E-state index contributed by atoms with van der Waals surface area (Å²) in [6, 6.07) is 6.71. The standard InChI is InChI=1S/C14H21N3O2.ClH/c1-9(2)13(18)17-12-6-4-11(5-7-12)14(19)16-10(3)8-15;/h4-7,9-10H,8,15H2,1-3H3,(H,16,19)(H,17,18);1H/t10-;/m0./s1. The van der Waals surface area contributed by atoms with E-state index in [1.54, 1.807) is 24.3 Å². The SMILES string of the molecule is CC(C)C(=O)Nc1ccc(C(=O)N[C@@H](C)CN)cc1.Cl. The lowest BCUT2D eigenvalue weighted by molar-refractivity contribution is -0.118. The largest absolute Gasteiger partial charge is 0.348 e. The summed E-state index contributed by atoms with van der Waals surface area (Å²) in [4.78, 5) is 23.3. The van der Waals surface area contributed by atoms with Crippen molar-refractivity contribution in [2.24, 2.45) is 11.7 Å². The van der Waals surface area contributed by atoms with Crippen molar-refractivity contribution in [3.63, 3.8) is 0 Å². The van der Waals surface area contributed by atoms with Gasteiger partial charge in [-0.25, -0.2) is 0 Å². The van der Waals surface area contributed by atoms with E-state index in [-0.39, 0.29) is 36.2 Å². The number of rotatable bonds is 5. The van der Waals surface area contributed by atoms with Gasteiger partial charge in [0.2, 0.25) is 5.91 Å². The van der Waals surface area contributed by atoms with E-state index in [1.807, 2.05) is 20.8 Å². The molecule has 112 valence electrons. The van der Waals surface area contributed by atoms with Crippen LogP contribution in [0.1, 0.15) is 31.1 Å². The number of nitrogens with one attached hydrogen (secondary N) is 2. The number of amides is 2. The van der Waals surface area contributed by atoms with Crippen LogP contribution in [0.15, 0.2) is 24.3 Å². The third-order valence-corrected chi connectivity index (χ3v) is 2.67. The molecule has 4 N–H and O–H groups in total. The highest BCUT2D eigenvalue weighted by Crippen LogP contribution is 2.11. The number of halogens is 1. The minimum absolute atomic E-state index is 0. The molecule has 0 saturated carbocycles. The summed E-state index contributed by atoms with van der Waals surface area (Å²) in [7, 11) is 0. The van der Waals surface area contributed by atoms with Crippen LogP contribution < -0.4 is 16.4 Å². The summed E-state index contributed by atoms with van der Waals surface area (Å²) in [5.74, 6) is -0.290. The van der Waals surface area contributed by atoms with Crippen LogP contribution in [0.2, 0.25) is 0 Å². The normalized spacial score (nSPS) is 11.4. The fraction of sp³-hybridized carbons (Fsp3) is 0.429. The van der Waals surface area contributed by atoms with E-state index in [4.69, 9.17) is 5.73 Å². The van der Waals surface area contributed by atoms with Gasteiger partial charge in [0.25, 0.3) is 5.91 Å². The fourth-order valence-corrected chi connectivity index (χ4v) is 1.36. The van der Waals surface area contributed by atoms with Gasteiger partial charge in [0.15, 0.2) is 0 Å². The van der Waals surface area contributed by atoms with Gasteiger partial charge >= 0.3 is 0 Å². The van der Waals surface area contributed by atoms with Crippen molar-refractivity contribution in [2.45, 2.75) is 26.8 Å². The smallest absolute Gasteiger partial charge is 0.251 e. The van der Waals surface area contributed by atoms with Crippen molar-refractivity contribution < 1.29 is 9.59 Å². The molecule has 1 atom stereocenters. The second-order valence-electron chi connectivity index (χ2n) is 4.83. The first-order valence-electron chi connectivity index (χ1n) is 6.36. The third kappa shape index (κ3) is 5.59. The predicted octanol–water partition coefficient (Wildman–Crippen LogP) is 1.78. The maximum Gasteiger partial charge on any atom is 0.251 e. The van der Waals surface area contributed by atoms with Crippen molar-refractivity contribution in [1.82, 2.24) is 5.32 Å². The molecule has 0 aliphatic heterocycles. The van der Waals surface area contributed by atoms with E-state index in [0.717, 1.165) is 0 Å². The first-order valence-corrected chi connectivity index (χ1v) is 6.36. The van der Waals surface area contributed by atoms with Crippen LogP contribution in [0, 0.1) is 5.92 Å². The van der Waals surface area contributed by atoms with Crippen LogP contribution in [0.25, 0.3) is 0 Å². The maximum atomic E-state index is 11.8. The molecule has 0 radical (unpaired) electrons. The fourth-order valence-electron chi connectivity index (χ4n) is 1.36. The van der Waals surface area contributed by atoms with E-state index < -0.39 is 0 Å². The highest BCUT2D eigenvalue weighted by molar-refractivity contribution is 5.96. The molecule has 5 nitrogen and oxygen atoms in total. The number of hydrogen-bond donors (Lipinski definition) is 3. The van der Waals surface area contributed by atoms with Gasteiger partial charge in [-0.05, 0) is 31.2 Å². The third-order valence-electron chi connectivity index (χ3n) is 2.67. The molecule has 0 heterocycles. The number of hydrogen-bond acceptors (Lipinski definition) is 3. The van der Waals surface area contributed by atoms with Crippen LogP contribution in [-0.4, -0.2) is 24.4 Å². The Morgan fingerprint density at radius 3 is 2.15 bits per heavy atom. The molecule has 0 aliphatic carbocycles. The number of carbonyl (C=O) groups excluding carboxylic acids is 2. The van der Waals surface area contributed by atoms with Crippen molar-refractivity contribution in [1.29, 1.82) is 0 Å². The molecule has 1 aromatic rings. The second-order valence-corrected chi connectivity index (χ2v) is 4.83. The predicted molar refractivity (Wildman–Crippen MR) is 83.1 cm³/mol. The molecular formula is C14H22ClN3O2. The van der Waals surface area contributed by atoms with E-state index in [0.29, 0.717) is 17.8 Å². The summed E-state index contributed by atoms with van der Waals surface area (Å²) in [5, 5.41) is 5.54. The van der Waals surface area contributed by atoms with Gasteiger partial charge in [-0.3, -0.25) is 9.59 Å². The Balaban J connectivity index is 0.00000361. The van der Waals surface area contributed by atoms with Crippen LogP contribution in [-0.2, 0) is 4.79 Å². The number of nitrogens with two attached hydrogens (primary N) is 1. The Morgan fingerprint density at radius 1 is 1.15 bits per heavy atom. The molecule has 0 saturated heterocycles. The van der Waals surface area contributed by atoms with Gasteiger partial charge in [-0.2, -0.15) is 0 Å². The van der Waals surface area contributed by atoms with Crippen molar-refractivity contribution in [2.75, 3.05) is 11.9 Å². The zero-order valence-electron chi connectivity index (χ0n) is 12.0. The summed E-state index contributed by atoms with van der Waals surface area (Å²) < 4.78 is 0. The van der Waals surface area contributed by atoms with Gasteiger partial charge in [0, 0.05) is 29.8 Å². The zero-order chi connectivity index (χ0) is 14.4. The molecule has 0 spiro atoms. The Kier molecular flexibility index (Phi) is 7.87. The lowest BCUT2D eigenvalue weighted by Gasteiger charge is -2.12. The average molecular weight is 300 g/mol. The zero-order valence-corrected chi connectivity index (χ0v) is 12.8. The Hall–Kier alpha value is -1.59. The first kappa shape index (κ1) is 18.4. The summed E-state index contributed by atoms with van der Waals surface area (Å²) >= 11 is 0. The maximum absolute atomic E-state index is 11.8. The quantitative estimate of drug-likeness (QED) is 0.775. The molecule has 1 aromatic carbocycles. The molecule has 1 rings (SSSR count). The monoisotopic (exact) mass is 299 g/mol. The lowest BCUT2D eigenvalue weighted by Crippen LogP contribution is -2.37. The number of anilines is 1. The van der Waals surface area contributed by atoms with E-state index in [9.17, 15) is 9.59 Å². The molecule has 6 heteroatoms. The molecule has 0 fully saturated rings. The van der Waals surface area contributed by atoms with Gasteiger partial charge in [0.1, 0.15) is 0 Å². The summed E-state index contributed by atoms with van der Waals surface area (Å²) in [6.45, 7) is 5.89. The molecule has 0 unspecified atom stereocenters. The van der Waals surface area contributed by atoms with Gasteiger partial charge in [-0.1, -0.05) is 13.8 Å². The minimum atomic E-state index is -0.167. The van der Waals surface area contributed by atoms with Crippen LogP contribution in [0.4, 0.5) is 5.69 Å². The number of carbonyl (C=O) groups is 2. The van der Waals surface area contributed by atoms with Crippen molar-refractivity contribution in [3.8, 4) is 0 Å². The Morgan fingerprint density at radius 2 is 1.70 bits per heavy atom. The molecular weight excluding hydrogens is 278 g/mol. The van der Waals surface area contributed by atoms with Crippen LogP contribution in [0.3, 0.4) is 0 Å². The summed E-state index contributed by atoms with van der Waals surface area (Å²) in [6.07, 6.45) is 0. The van der Waals surface area contributed by atoms with Gasteiger partial charge < -0.3 is 16.4 Å². The van der Waals surface area contributed by atoms with Crippen LogP contribution in [0.5, 0.6) is 0 Å². The Labute approximate surface area is 125 Å². The van der Waals surface area contributed by atoms with E-state index >= 15 is 0 Å². The highest BCUT2D eigenvalue weighted by atomic mass is 35.5. The second kappa shape index (κ2) is 8.55. The first-order chi connectivity index (χ1) is 8.93. The van der Waals surface area contributed by atoms with Gasteiger partial charge in [0.05, 0.1) is 0 Å². The lowest BCUT2D eigenvalue weighted by atomic mass is 10.1. The molecule has 20 heavy (non-hydrogen) atoms. The Bertz CT molecular complexity index is 446. The van der Waals surface area contributed by atoms with E-state index in [1.165, 1.54) is 0 Å². The molecule has 0 bridgehead atoms. The number of benzene rings is 1.